The molecule has 0 aliphatic carbocycles. The SMILES string of the molecule is [2H]C([2H])(C)N(C([2H])([2H])CC)C([2H])([2H])Cc1c[nH]c2ccccc12. The van der Waals surface area contributed by atoms with Crippen molar-refractivity contribution in [3.63, 3.8) is 0 Å². The molecule has 0 aliphatic heterocycles. The Balaban J connectivity index is 2.42. The fourth-order valence-corrected chi connectivity index (χ4v) is 1.81. The normalized spacial score (nSPS) is 19.2. The van der Waals surface area contributed by atoms with Gasteiger partial charge in [0, 0.05) is 31.8 Å². The summed E-state index contributed by atoms with van der Waals surface area (Å²) in [6, 6.07) is 7.49. The third-order valence-corrected chi connectivity index (χ3v) is 2.64. The van der Waals surface area contributed by atoms with Crippen molar-refractivity contribution >= 4 is 10.9 Å². The molecular weight excluding hydrogens is 208 g/mol. The first-order chi connectivity index (χ1) is 10.5. The number of H-pyrrole nitrogens is 1. The first-order valence-electron chi connectivity index (χ1n) is 8.84. The number of aryl methyl sites for hydroxylation is 1. The van der Waals surface area contributed by atoms with Gasteiger partial charge in [0.25, 0.3) is 0 Å². The van der Waals surface area contributed by atoms with E-state index < -0.39 is 19.5 Å². The van der Waals surface area contributed by atoms with Crippen LogP contribution in [0.25, 0.3) is 10.9 Å². The fourth-order valence-electron chi connectivity index (χ4n) is 1.81. The summed E-state index contributed by atoms with van der Waals surface area (Å²) in [5, 5.41) is 0.866. The summed E-state index contributed by atoms with van der Waals surface area (Å²) in [5.41, 5.74) is 1.58. The van der Waals surface area contributed by atoms with Gasteiger partial charge in [0.15, 0.2) is 0 Å². The van der Waals surface area contributed by atoms with E-state index in [-0.39, 0.29) is 12.8 Å². The van der Waals surface area contributed by atoms with Crippen LogP contribution in [0.5, 0.6) is 0 Å². The Labute approximate surface area is 112 Å². The zero-order valence-electron chi connectivity index (χ0n) is 16.2. The molecule has 0 bridgehead atoms. The second kappa shape index (κ2) is 5.87. The summed E-state index contributed by atoms with van der Waals surface area (Å²) in [6.07, 6.45) is 1.59. The Kier molecular flexibility index (Phi) is 2.28. The second-order valence-electron chi connectivity index (χ2n) is 3.77. The Morgan fingerprint density at radius 1 is 1.24 bits per heavy atom. The first-order valence-corrected chi connectivity index (χ1v) is 5.84. The third kappa shape index (κ3) is 2.89. The molecule has 0 aliphatic rings. The number of fused-ring (bicyclic) bond motifs is 1. The molecule has 1 heterocycles. The molecule has 2 nitrogen and oxygen atoms in total. The lowest BCUT2D eigenvalue weighted by Gasteiger charge is -2.18. The third-order valence-electron chi connectivity index (χ3n) is 2.64. The molecule has 17 heavy (non-hydrogen) atoms. The van der Waals surface area contributed by atoms with Crippen molar-refractivity contribution in [3.05, 3.63) is 36.0 Å². The number of para-hydroxylation sites is 1. The minimum absolute atomic E-state index is 0.00621. The molecule has 1 N–H and O–H groups in total. The number of hydrogen-bond acceptors (Lipinski definition) is 1. The van der Waals surface area contributed by atoms with Gasteiger partial charge in [-0.25, -0.2) is 0 Å². The smallest absolute Gasteiger partial charge is 0.0456 e. The van der Waals surface area contributed by atoms with Crippen molar-refractivity contribution in [2.24, 2.45) is 0 Å². The molecule has 2 aromatic rings. The number of nitrogens with one attached hydrogen (secondary N) is 1. The van der Waals surface area contributed by atoms with Gasteiger partial charge in [0.1, 0.15) is 0 Å². The van der Waals surface area contributed by atoms with Gasteiger partial charge < -0.3 is 9.88 Å². The van der Waals surface area contributed by atoms with E-state index in [1.54, 1.807) is 13.1 Å². The number of nitrogens with zero attached hydrogens (tertiary/aromatic N) is 1. The van der Waals surface area contributed by atoms with Gasteiger partial charge in [-0.3, -0.25) is 0 Å². The van der Waals surface area contributed by atoms with Crippen LogP contribution in [-0.2, 0) is 6.42 Å². The van der Waals surface area contributed by atoms with Gasteiger partial charge in [-0.05, 0) is 37.5 Å². The van der Waals surface area contributed by atoms with Crippen LogP contribution in [0.4, 0.5) is 0 Å². The van der Waals surface area contributed by atoms with Crippen LogP contribution in [0.2, 0.25) is 0 Å². The highest BCUT2D eigenvalue weighted by atomic mass is 15.1. The van der Waals surface area contributed by atoms with Gasteiger partial charge in [-0.15, -0.1) is 0 Å². The van der Waals surface area contributed by atoms with Crippen LogP contribution < -0.4 is 0 Å². The minimum Gasteiger partial charge on any atom is -0.361 e. The van der Waals surface area contributed by atoms with Crippen LogP contribution in [0, 0.1) is 0 Å². The van der Waals surface area contributed by atoms with E-state index >= 15 is 0 Å². The number of benzene rings is 1. The maximum absolute atomic E-state index is 8.35. The maximum atomic E-state index is 8.35. The zero-order chi connectivity index (χ0) is 17.5. The Morgan fingerprint density at radius 3 is 2.82 bits per heavy atom. The van der Waals surface area contributed by atoms with E-state index in [0.29, 0.717) is 10.5 Å². The van der Waals surface area contributed by atoms with E-state index in [1.807, 2.05) is 24.3 Å². The quantitative estimate of drug-likeness (QED) is 0.814. The zero-order valence-corrected chi connectivity index (χ0v) is 10.2. The monoisotopic (exact) mass is 236 g/mol. The minimum atomic E-state index is -2.18. The molecule has 92 valence electrons. The molecule has 0 amide bonds. The highest BCUT2D eigenvalue weighted by Crippen LogP contribution is 2.18. The van der Waals surface area contributed by atoms with E-state index in [0.717, 1.165) is 10.9 Å². The lowest BCUT2D eigenvalue weighted by atomic mass is 10.1. The van der Waals surface area contributed by atoms with Crippen molar-refractivity contribution < 1.29 is 8.22 Å². The average Bonchev–Trinajstić information content (AvgIpc) is 2.79. The van der Waals surface area contributed by atoms with Crippen LogP contribution in [-0.4, -0.2) is 29.4 Å². The summed E-state index contributed by atoms with van der Waals surface area (Å²) < 4.78 is 48.6. The van der Waals surface area contributed by atoms with Crippen molar-refractivity contribution in [2.45, 2.75) is 26.7 Å². The number of aromatic nitrogens is 1. The van der Waals surface area contributed by atoms with Gasteiger partial charge in [0.2, 0.25) is 0 Å². The van der Waals surface area contributed by atoms with Crippen molar-refractivity contribution in [1.29, 1.82) is 0 Å². The van der Waals surface area contributed by atoms with Crippen LogP contribution in [0.15, 0.2) is 30.5 Å². The summed E-state index contributed by atoms with van der Waals surface area (Å²) in [5.74, 6) is 0. The maximum Gasteiger partial charge on any atom is 0.0456 e. The predicted molar refractivity (Wildman–Crippen MR) is 74.4 cm³/mol. The molecular formula is C15H22N2. The molecule has 0 saturated heterocycles. The number of hydrogen-bond donors (Lipinski definition) is 1. The number of aromatic amines is 1. The lowest BCUT2D eigenvalue weighted by molar-refractivity contribution is 0.293. The van der Waals surface area contributed by atoms with Crippen molar-refractivity contribution in [1.82, 2.24) is 9.88 Å². The van der Waals surface area contributed by atoms with E-state index in [9.17, 15) is 0 Å². The first kappa shape index (κ1) is 6.60. The number of rotatable bonds is 6. The summed E-state index contributed by atoms with van der Waals surface area (Å²) in [6.45, 7) is -3.63. The average molecular weight is 236 g/mol. The molecule has 1 aromatic carbocycles. The summed E-state index contributed by atoms with van der Waals surface area (Å²) in [4.78, 5) is 3.77. The highest BCUT2D eigenvalue weighted by molar-refractivity contribution is 5.83. The number of likely N-dealkylation sites (N-methyl/N-ethyl adjacent to an activating group) is 1. The summed E-state index contributed by atoms with van der Waals surface area (Å²) in [7, 11) is 0. The molecule has 2 rings (SSSR count). The van der Waals surface area contributed by atoms with Gasteiger partial charge in [-0.1, -0.05) is 32.0 Å². The molecule has 0 atom stereocenters. The molecule has 2 heteroatoms. The van der Waals surface area contributed by atoms with E-state index in [1.165, 1.54) is 6.92 Å². The van der Waals surface area contributed by atoms with Crippen molar-refractivity contribution in [2.75, 3.05) is 19.5 Å². The van der Waals surface area contributed by atoms with Gasteiger partial charge >= 0.3 is 0 Å². The standard InChI is InChI=1S/C15H22N2/c1-3-10-17(4-2)11-9-13-12-16-15-8-6-5-7-14(13)15/h5-8,12,16H,3-4,9-11H2,1-2H3/i4D2,10D2,11D2. The van der Waals surface area contributed by atoms with Crippen LogP contribution in [0.3, 0.4) is 0 Å². The van der Waals surface area contributed by atoms with Gasteiger partial charge in [-0.2, -0.15) is 0 Å². The Bertz CT molecular complexity index is 674. The highest BCUT2D eigenvalue weighted by Gasteiger charge is 2.05. The Morgan fingerprint density at radius 2 is 2.06 bits per heavy atom. The van der Waals surface area contributed by atoms with E-state index in [2.05, 4.69) is 4.98 Å². The lowest BCUT2D eigenvalue weighted by Crippen LogP contribution is -2.26. The van der Waals surface area contributed by atoms with Crippen LogP contribution >= 0.6 is 0 Å². The molecule has 1 aromatic heterocycles. The molecule has 0 radical (unpaired) electrons. The molecule has 0 spiro atoms. The molecule has 0 saturated carbocycles. The van der Waals surface area contributed by atoms with Crippen molar-refractivity contribution in [3.8, 4) is 0 Å². The molecule has 0 unspecified atom stereocenters. The second-order valence-corrected chi connectivity index (χ2v) is 3.77. The van der Waals surface area contributed by atoms with Crippen LogP contribution in [0.1, 0.15) is 34.1 Å². The topological polar surface area (TPSA) is 19.0 Å². The van der Waals surface area contributed by atoms with Gasteiger partial charge in [0.05, 0.1) is 0 Å². The molecule has 0 fully saturated rings. The largest absolute Gasteiger partial charge is 0.361 e. The Hall–Kier alpha value is -1.28. The summed E-state index contributed by atoms with van der Waals surface area (Å²) >= 11 is 0. The predicted octanol–water partition coefficient (Wildman–Crippen LogP) is 3.44. The van der Waals surface area contributed by atoms with E-state index in [4.69, 9.17) is 8.22 Å². The fraction of sp³-hybridized carbons (Fsp3) is 0.467.